The van der Waals surface area contributed by atoms with Crippen LogP contribution in [0.3, 0.4) is 0 Å². The molecule has 1 unspecified atom stereocenters. The van der Waals surface area contributed by atoms with Crippen molar-refractivity contribution in [3.05, 3.63) is 33.8 Å². The van der Waals surface area contributed by atoms with Crippen molar-refractivity contribution in [2.45, 2.75) is 38.9 Å². The predicted octanol–water partition coefficient (Wildman–Crippen LogP) is 3.08. The van der Waals surface area contributed by atoms with E-state index >= 15 is 0 Å². The average molecular weight is 313 g/mol. The van der Waals surface area contributed by atoms with Gasteiger partial charge in [-0.2, -0.15) is 0 Å². The summed E-state index contributed by atoms with van der Waals surface area (Å²) in [6.45, 7) is 4.28. The number of halogens is 2. The van der Waals surface area contributed by atoms with Gasteiger partial charge in [-0.15, -0.1) is 12.3 Å². The van der Waals surface area contributed by atoms with Gasteiger partial charge in [-0.25, -0.2) is 0 Å². The quantitative estimate of drug-likeness (QED) is 0.849. The monoisotopic (exact) mass is 312 g/mol. The fourth-order valence-corrected chi connectivity index (χ4v) is 2.10. The van der Waals surface area contributed by atoms with Gasteiger partial charge in [0.25, 0.3) is 0 Å². The van der Waals surface area contributed by atoms with E-state index < -0.39 is 6.04 Å². The standard InChI is InChI=1S/C15H18Cl2N2O/c1-4-5-14(18)15(20)19(10(2)3)9-11-6-7-12(16)13(17)8-11/h1,6-8,10,14H,5,9,18H2,2-3H3. The molecular formula is C15H18Cl2N2O. The van der Waals surface area contributed by atoms with Gasteiger partial charge in [-0.05, 0) is 31.5 Å². The van der Waals surface area contributed by atoms with Crippen molar-refractivity contribution in [3.8, 4) is 12.3 Å². The number of carbonyl (C=O) groups excluding carboxylic acids is 1. The third-order valence-electron chi connectivity index (χ3n) is 2.90. The molecule has 0 aromatic heterocycles. The van der Waals surface area contributed by atoms with E-state index in [0.717, 1.165) is 5.56 Å². The summed E-state index contributed by atoms with van der Waals surface area (Å²) in [6.07, 6.45) is 5.43. The smallest absolute Gasteiger partial charge is 0.241 e. The third kappa shape index (κ3) is 4.42. The van der Waals surface area contributed by atoms with Crippen molar-refractivity contribution >= 4 is 29.1 Å². The Morgan fingerprint density at radius 3 is 2.55 bits per heavy atom. The molecule has 0 bridgehead atoms. The number of carbonyl (C=O) groups is 1. The second-order valence-corrected chi connectivity index (χ2v) is 5.64. The molecule has 1 aromatic rings. The van der Waals surface area contributed by atoms with Gasteiger partial charge in [-0.3, -0.25) is 4.79 Å². The molecule has 0 radical (unpaired) electrons. The normalized spacial score (nSPS) is 12.1. The summed E-state index contributed by atoms with van der Waals surface area (Å²) >= 11 is 11.9. The lowest BCUT2D eigenvalue weighted by molar-refractivity contribution is -0.134. The first-order valence-corrected chi connectivity index (χ1v) is 7.05. The van der Waals surface area contributed by atoms with Crippen LogP contribution in [0.5, 0.6) is 0 Å². The number of nitrogens with two attached hydrogens (primary N) is 1. The van der Waals surface area contributed by atoms with Crippen molar-refractivity contribution in [1.29, 1.82) is 0 Å². The van der Waals surface area contributed by atoms with E-state index in [1.165, 1.54) is 0 Å². The minimum atomic E-state index is -0.676. The Balaban J connectivity index is 2.90. The van der Waals surface area contributed by atoms with Gasteiger partial charge in [0.1, 0.15) is 0 Å². The maximum absolute atomic E-state index is 12.3. The highest BCUT2D eigenvalue weighted by Gasteiger charge is 2.23. The first-order valence-electron chi connectivity index (χ1n) is 6.30. The van der Waals surface area contributed by atoms with Crippen LogP contribution in [0.1, 0.15) is 25.8 Å². The summed E-state index contributed by atoms with van der Waals surface area (Å²) in [6, 6.07) is 4.64. The molecule has 20 heavy (non-hydrogen) atoms. The summed E-state index contributed by atoms with van der Waals surface area (Å²) in [5, 5.41) is 0.954. The molecule has 1 amide bonds. The largest absolute Gasteiger partial charge is 0.335 e. The molecule has 0 aliphatic rings. The number of amides is 1. The summed E-state index contributed by atoms with van der Waals surface area (Å²) in [4.78, 5) is 14.0. The average Bonchev–Trinajstić information content (AvgIpc) is 2.39. The molecule has 0 fully saturated rings. The Hall–Kier alpha value is -1.21. The van der Waals surface area contributed by atoms with E-state index in [1.807, 2.05) is 19.9 Å². The number of hydrogen-bond acceptors (Lipinski definition) is 2. The minimum absolute atomic E-state index is 0.0146. The molecular weight excluding hydrogens is 295 g/mol. The Morgan fingerprint density at radius 2 is 2.05 bits per heavy atom. The van der Waals surface area contributed by atoms with Crippen LogP contribution in [-0.2, 0) is 11.3 Å². The lowest BCUT2D eigenvalue weighted by Crippen LogP contribution is -2.46. The highest BCUT2D eigenvalue weighted by Crippen LogP contribution is 2.23. The van der Waals surface area contributed by atoms with Crippen molar-refractivity contribution in [2.75, 3.05) is 0 Å². The zero-order valence-corrected chi connectivity index (χ0v) is 13.1. The Bertz CT molecular complexity index is 523. The van der Waals surface area contributed by atoms with Gasteiger partial charge in [0.2, 0.25) is 5.91 Å². The number of nitrogens with zero attached hydrogens (tertiary/aromatic N) is 1. The molecule has 1 rings (SSSR count). The number of rotatable bonds is 5. The first kappa shape index (κ1) is 16.8. The Morgan fingerprint density at radius 1 is 1.40 bits per heavy atom. The van der Waals surface area contributed by atoms with E-state index in [0.29, 0.717) is 16.6 Å². The van der Waals surface area contributed by atoms with Crippen molar-refractivity contribution in [1.82, 2.24) is 4.90 Å². The maximum Gasteiger partial charge on any atom is 0.241 e. The highest BCUT2D eigenvalue weighted by atomic mass is 35.5. The molecule has 0 saturated heterocycles. The summed E-state index contributed by atoms with van der Waals surface area (Å²) in [5.74, 6) is 2.25. The lowest BCUT2D eigenvalue weighted by Gasteiger charge is -2.29. The second-order valence-electron chi connectivity index (χ2n) is 4.82. The van der Waals surface area contributed by atoms with Crippen LogP contribution in [0.2, 0.25) is 10.0 Å². The molecule has 0 aliphatic heterocycles. The fraction of sp³-hybridized carbons (Fsp3) is 0.400. The van der Waals surface area contributed by atoms with Gasteiger partial charge in [-0.1, -0.05) is 29.3 Å². The van der Waals surface area contributed by atoms with Gasteiger partial charge >= 0.3 is 0 Å². The van der Waals surface area contributed by atoms with Crippen molar-refractivity contribution < 1.29 is 4.79 Å². The Kier molecular flexibility index (Phi) is 6.35. The lowest BCUT2D eigenvalue weighted by atomic mass is 10.1. The van der Waals surface area contributed by atoms with Crippen LogP contribution in [0, 0.1) is 12.3 Å². The summed E-state index contributed by atoms with van der Waals surface area (Å²) in [5.41, 5.74) is 6.69. The topological polar surface area (TPSA) is 46.3 Å². The fourth-order valence-electron chi connectivity index (χ4n) is 1.78. The zero-order valence-electron chi connectivity index (χ0n) is 11.6. The van der Waals surface area contributed by atoms with Crippen LogP contribution in [-0.4, -0.2) is 22.9 Å². The van der Waals surface area contributed by atoms with Crippen molar-refractivity contribution in [2.24, 2.45) is 5.73 Å². The summed E-state index contributed by atoms with van der Waals surface area (Å²) in [7, 11) is 0. The van der Waals surface area contributed by atoms with E-state index in [9.17, 15) is 4.79 Å². The number of hydrogen-bond donors (Lipinski definition) is 1. The first-order chi connectivity index (χ1) is 9.36. The van der Waals surface area contributed by atoms with E-state index in [-0.39, 0.29) is 18.4 Å². The predicted molar refractivity (Wildman–Crippen MR) is 83.6 cm³/mol. The van der Waals surface area contributed by atoms with Gasteiger partial charge < -0.3 is 10.6 Å². The third-order valence-corrected chi connectivity index (χ3v) is 3.64. The van der Waals surface area contributed by atoms with E-state index in [4.69, 9.17) is 35.4 Å². The van der Waals surface area contributed by atoms with Crippen LogP contribution in [0.4, 0.5) is 0 Å². The second kappa shape index (κ2) is 7.54. The zero-order chi connectivity index (χ0) is 15.3. The van der Waals surface area contributed by atoms with Gasteiger partial charge in [0.15, 0.2) is 0 Å². The van der Waals surface area contributed by atoms with Crippen LogP contribution < -0.4 is 5.73 Å². The maximum atomic E-state index is 12.3. The molecule has 108 valence electrons. The molecule has 0 aliphatic carbocycles. The van der Waals surface area contributed by atoms with E-state index in [2.05, 4.69) is 5.92 Å². The molecule has 1 atom stereocenters. The van der Waals surface area contributed by atoms with Gasteiger partial charge in [0.05, 0.1) is 16.1 Å². The number of terminal acetylenes is 1. The Labute approximate surface area is 130 Å². The molecule has 0 spiro atoms. The van der Waals surface area contributed by atoms with Crippen molar-refractivity contribution in [3.63, 3.8) is 0 Å². The van der Waals surface area contributed by atoms with Crippen LogP contribution in [0.15, 0.2) is 18.2 Å². The SMILES string of the molecule is C#CCC(N)C(=O)N(Cc1ccc(Cl)c(Cl)c1)C(C)C. The van der Waals surface area contributed by atoms with Crippen LogP contribution in [0.25, 0.3) is 0 Å². The summed E-state index contributed by atoms with van der Waals surface area (Å²) < 4.78 is 0. The minimum Gasteiger partial charge on any atom is -0.335 e. The molecule has 3 nitrogen and oxygen atoms in total. The molecule has 0 heterocycles. The molecule has 5 heteroatoms. The molecule has 0 saturated carbocycles. The molecule has 1 aromatic carbocycles. The number of benzene rings is 1. The molecule has 2 N–H and O–H groups in total. The van der Waals surface area contributed by atoms with Gasteiger partial charge in [0, 0.05) is 19.0 Å². The van der Waals surface area contributed by atoms with Crippen LogP contribution >= 0.6 is 23.2 Å². The van der Waals surface area contributed by atoms with E-state index in [1.54, 1.807) is 17.0 Å². The highest BCUT2D eigenvalue weighted by molar-refractivity contribution is 6.42.